The molecule has 0 aliphatic rings. The third-order valence-corrected chi connectivity index (χ3v) is 9.61. The van der Waals surface area contributed by atoms with Crippen molar-refractivity contribution in [2.24, 2.45) is 0 Å². The molecule has 0 aliphatic heterocycles. The van der Waals surface area contributed by atoms with Crippen LogP contribution in [0.25, 0.3) is 0 Å². The molecule has 0 rings (SSSR count). The van der Waals surface area contributed by atoms with Crippen molar-refractivity contribution in [3.05, 3.63) is 0 Å². The minimum Gasteiger partial charge on any atom is -0.418 e. The van der Waals surface area contributed by atoms with Gasteiger partial charge < -0.3 is 18.2 Å². The highest BCUT2D eigenvalue weighted by Crippen LogP contribution is 2.17. The van der Waals surface area contributed by atoms with Crippen LogP contribution in [0.1, 0.15) is 33.6 Å². The Hall–Kier alpha value is 0.274. The standard InChI is InChI=1S/C16H39NO3Si2/c1-8-18-21(5,6)15-11-13-17(4)14-12-16-22(7,19-9-2)20-10-3/h8-16H2,1-7H3. The van der Waals surface area contributed by atoms with Gasteiger partial charge in [0.25, 0.3) is 0 Å². The summed E-state index contributed by atoms with van der Waals surface area (Å²) < 4.78 is 17.7. The van der Waals surface area contributed by atoms with E-state index in [0.29, 0.717) is 0 Å². The molecule has 0 saturated heterocycles. The van der Waals surface area contributed by atoms with Gasteiger partial charge in [-0.1, -0.05) is 0 Å². The molecule has 0 unspecified atom stereocenters. The smallest absolute Gasteiger partial charge is 0.334 e. The summed E-state index contributed by atoms with van der Waals surface area (Å²) in [5, 5.41) is 0. The molecule has 0 fully saturated rings. The summed E-state index contributed by atoms with van der Waals surface area (Å²) in [6.45, 7) is 17.7. The second kappa shape index (κ2) is 11.8. The van der Waals surface area contributed by atoms with E-state index in [9.17, 15) is 0 Å². The molecule has 0 aromatic carbocycles. The molecule has 0 atom stereocenters. The Morgan fingerprint density at radius 1 is 0.727 bits per heavy atom. The average molecular weight is 350 g/mol. The molecule has 0 amide bonds. The van der Waals surface area contributed by atoms with Gasteiger partial charge >= 0.3 is 8.56 Å². The lowest BCUT2D eigenvalue weighted by molar-refractivity contribution is 0.186. The Kier molecular flexibility index (Phi) is 11.9. The van der Waals surface area contributed by atoms with Crippen molar-refractivity contribution >= 4 is 16.9 Å². The van der Waals surface area contributed by atoms with Crippen LogP contribution in [0.3, 0.4) is 0 Å². The summed E-state index contributed by atoms with van der Waals surface area (Å²) in [7, 11) is -1.12. The fraction of sp³-hybridized carbons (Fsp3) is 1.00. The fourth-order valence-electron chi connectivity index (χ4n) is 2.82. The Morgan fingerprint density at radius 3 is 1.64 bits per heavy atom. The van der Waals surface area contributed by atoms with Crippen molar-refractivity contribution in [1.82, 2.24) is 4.90 Å². The SMILES string of the molecule is CCO[Si](C)(C)CCCN(C)CCC[Si](C)(OCC)OCC. The van der Waals surface area contributed by atoms with Gasteiger partial charge in [0.2, 0.25) is 0 Å². The molecule has 0 aromatic heterocycles. The Morgan fingerprint density at radius 2 is 1.18 bits per heavy atom. The highest BCUT2D eigenvalue weighted by atomic mass is 28.4. The molecule has 0 aromatic rings. The van der Waals surface area contributed by atoms with Crippen LogP contribution in [0.4, 0.5) is 0 Å². The predicted molar refractivity (Wildman–Crippen MR) is 100 cm³/mol. The summed E-state index contributed by atoms with van der Waals surface area (Å²) in [5.41, 5.74) is 0. The summed E-state index contributed by atoms with van der Waals surface area (Å²) in [6.07, 6.45) is 2.40. The molecular formula is C16H39NO3Si2. The first kappa shape index (κ1) is 22.3. The van der Waals surface area contributed by atoms with Crippen molar-refractivity contribution < 1.29 is 13.3 Å². The van der Waals surface area contributed by atoms with E-state index in [1.807, 2.05) is 0 Å². The second-order valence-corrected chi connectivity index (χ2v) is 14.4. The van der Waals surface area contributed by atoms with Crippen molar-refractivity contribution in [3.8, 4) is 0 Å². The first-order chi connectivity index (χ1) is 10.3. The van der Waals surface area contributed by atoms with Crippen LogP contribution in [-0.4, -0.2) is 61.7 Å². The molecule has 0 spiro atoms. The Labute approximate surface area is 140 Å². The number of hydrogen-bond donors (Lipinski definition) is 0. The minimum atomic E-state index is -1.93. The van der Waals surface area contributed by atoms with E-state index < -0.39 is 16.9 Å². The minimum absolute atomic E-state index is 0.760. The van der Waals surface area contributed by atoms with E-state index >= 15 is 0 Å². The van der Waals surface area contributed by atoms with Crippen LogP contribution < -0.4 is 0 Å². The van der Waals surface area contributed by atoms with E-state index in [4.69, 9.17) is 13.3 Å². The molecule has 0 heterocycles. The monoisotopic (exact) mass is 349 g/mol. The second-order valence-electron chi connectivity index (χ2n) is 6.70. The largest absolute Gasteiger partial charge is 0.418 e. The highest BCUT2D eigenvalue weighted by molar-refractivity contribution is 6.71. The van der Waals surface area contributed by atoms with Crippen molar-refractivity contribution in [3.63, 3.8) is 0 Å². The molecule has 0 saturated carbocycles. The molecule has 6 heteroatoms. The molecule has 0 N–H and O–H groups in total. The third kappa shape index (κ3) is 10.9. The number of hydrogen-bond acceptors (Lipinski definition) is 4. The predicted octanol–water partition coefficient (Wildman–Crippen LogP) is 4.09. The van der Waals surface area contributed by atoms with Gasteiger partial charge in [-0.05, 0) is 85.5 Å². The van der Waals surface area contributed by atoms with Crippen LogP contribution in [-0.2, 0) is 13.3 Å². The summed E-state index contributed by atoms with van der Waals surface area (Å²) >= 11 is 0. The maximum absolute atomic E-state index is 5.89. The van der Waals surface area contributed by atoms with E-state index in [0.717, 1.165) is 45.4 Å². The van der Waals surface area contributed by atoms with Gasteiger partial charge in [0.1, 0.15) is 0 Å². The topological polar surface area (TPSA) is 30.9 Å². The van der Waals surface area contributed by atoms with E-state index in [2.05, 4.69) is 52.4 Å². The number of rotatable bonds is 14. The van der Waals surface area contributed by atoms with Gasteiger partial charge in [0.05, 0.1) is 0 Å². The zero-order valence-corrected chi connectivity index (χ0v) is 18.0. The van der Waals surface area contributed by atoms with E-state index in [1.165, 1.54) is 12.5 Å². The van der Waals surface area contributed by atoms with Crippen LogP contribution in [0.5, 0.6) is 0 Å². The highest BCUT2D eigenvalue weighted by Gasteiger charge is 2.30. The quantitative estimate of drug-likeness (QED) is 0.442. The van der Waals surface area contributed by atoms with Gasteiger partial charge in [0.15, 0.2) is 8.32 Å². The zero-order chi connectivity index (χ0) is 17.1. The van der Waals surface area contributed by atoms with Gasteiger partial charge in [-0.25, -0.2) is 0 Å². The number of nitrogens with zero attached hydrogens (tertiary/aromatic N) is 1. The molecular weight excluding hydrogens is 310 g/mol. The van der Waals surface area contributed by atoms with Crippen LogP contribution >= 0.6 is 0 Å². The first-order valence-electron chi connectivity index (χ1n) is 8.89. The van der Waals surface area contributed by atoms with Gasteiger partial charge in [0, 0.05) is 19.8 Å². The summed E-state index contributed by atoms with van der Waals surface area (Å²) in [5.74, 6) is 0. The normalized spacial score (nSPS) is 13.1. The van der Waals surface area contributed by atoms with Gasteiger partial charge in [-0.15, -0.1) is 0 Å². The first-order valence-corrected chi connectivity index (χ1v) is 14.5. The Bertz CT molecular complexity index is 272. The Balaban J connectivity index is 3.91. The van der Waals surface area contributed by atoms with Crippen molar-refractivity contribution in [1.29, 1.82) is 0 Å². The summed E-state index contributed by atoms with van der Waals surface area (Å²) in [4.78, 5) is 2.43. The third-order valence-electron chi connectivity index (χ3n) is 3.92. The average Bonchev–Trinajstić information content (AvgIpc) is 2.38. The van der Waals surface area contributed by atoms with Crippen LogP contribution in [0, 0.1) is 0 Å². The maximum Gasteiger partial charge on any atom is 0.334 e. The van der Waals surface area contributed by atoms with Crippen molar-refractivity contribution in [2.45, 2.75) is 65.3 Å². The van der Waals surface area contributed by atoms with E-state index in [1.54, 1.807) is 0 Å². The van der Waals surface area contributed by atoms with Crippen LogP contribution in [0.15, 0.2) is 0 Å². The van der Waals surface area contributed by atoms with Crippen LogP contribution in [0.2, 0.25) is 31.7 Å². The van der Waals surface area contributed by atoms with Crippen molar-refractivity contribution in [2.75, 3.05) is 40.0 Å². The molecule has 134 valence electrons. The fourth-order valence-corrected chi connectivity index (χ4v) is 7.15. The molecule has 0 bridgehead atoms. The molecule has 4 nitrogen and oxygen atoms in total. The van der Waals surface area contributed by atoms with Gasteiger partial charge in [-0.3, -0.25) is 0 Å². The van der Waals surface area contributed by atoms with Gasteiger partial charge in [-0.2, -0.15) is 0 Å². The lowest BCUT2D eigenvalue weighted by Crippen LogP contribution is -2.39. The molecule has 22 heavy (non-hydrogen) atoms. The molecule has 0 aliphatic carbocycles. The molecule has 0 radical (unpaired) electrons. The lowest BCUT2D eigenvalue weighted by Gasteiger charge is -2.27. The zero-order valence-electron chi connectivity index (χ0n) is 16.0. The van der Waals surface area contributed by atoms with E-state index in [-0.39, 0.29) is 0 Å². The summed E-state index contributed by atoms with van der Waals surface area (Å²) in [6, 6.07) is 2.33. The maximum atomic E-state index is 5.89. The lowest BCUT2D eigenvalue weighted by atomic mass is 10.4.